The number of hydrogen-bond donors (Lipinski definition) is 3. The van der Waals surface area contributed by atoms with Crippen LogP contribution in [0.25, 0.3) is 17.2 Å². The Morgan fingerprint density at radius 3 is 2.73 bits per heavy atom. The summed E-state index contributed by atoms with van der Waals surface area (Å²) in [6, 6.07) is 6.82. The molecule has 156 valence electrons. The zero-order valence-electron chi connectivity index (χ0n) is 16.0. The maximum absolute atomic E-state index is 13.1. The molecule has 0 aliphatic carbocycles. The second kappa shape index (κ2) is 8.51. The van der Waals surface area contributed by atoms with Crippen molar-refractivity contribution in [3.63, 3.8) is 0 Å². The van der Waals surface area contributed by atoms with Crippen molar-refractivity contribution in [2.75, 3.05) is 18.0 Å². The number of pyridine rings is 1. The highest BCUT2D eigenvalue weighted by molar-refractivity contribution is 5.59. The molecule has 1 saturated heterocycles. The maximum atomic E-state index is 13.1. The number of halogens is 2. The van der Waals surface area contributed by atoms with E-state index in [4.69, 9.17) is 0 Å². The van der Waals surface area contributed by atoms with Crippen LogP contribution in [-0.2, 0) is 0 Å². The zero-order chi connectivity index (χ0) is 21.1. The summed E-state index contributed by atoms with van der Waals surface area (Å²) in [5, 5.41) is 7.07. The number of nitrogens with two attached hydrogens (primary N) is 2. The Kier molecular flexibility index (Phi) is 5.63. The second-order valence-corrected chi connectivity index (χ2v) is 6.82. The summed E-state index contributed by atoms with van der Waals surface area (Å²) >= 11 is 0. The van der Waals surface area contributed by atoms with Gasteiger partial charge in [-0.15, -0.1) is 0 Å². The molecule has 5 N–H and O–H groups in total. The molecular formula is C19H21F2N9. The Morgan fingerprint density at radius 2 is 1.97 bits per heavy atom. The number of hydrazine groups is 1. The lowest BCUT2D eigenvalue weighted by Gasteiger charge is -2.17. The Morgan fingerprint density at radius 1 is 1.10 bits per heavy atom. The molecule has 4 aromatic heterocycles. The van der Waals surface area contributed by atoms with Crippen molar-refractivity contribution in [1.29, 1.82) is 0 Å². The van der Waals surface area contributed by atoms with Gasteiger partial charge < -0.3 is 4.90 Å². The number of rotatable bonds is 4. The molecule has 1 unspecified atom stereocenters. The highest BCUT2D eigenvalue weighted by Gasteiger charge is 2.26. The van der Waals surface area contributed by atoms with E-state index in [9.17, 15) is 8.78 Å². The second-order valence-electron chi connectivity index (χ2n) is 6.82. The third-order valence-electron chi connectivity index (χ3n) is 5.12. The van der Waals surface area contributed by atoms with Crippen molar-refractivity contribution in [2.24, 2.45) is 11.7 Å². The molecule has 1 aliphatic heterocycles. The molecule has 5 heterocycles. The number of aromatic nitrogens is 6. The summed E-state index contributed by atoms with van der Waals surface area (Å²) in [5.41, 5.74) is 2.22. The van der Waals surface area contributed by atoms with E-state index < -0.39 is 6.43 Å². The summed E-state index contributed by atoms with van der Waals surface area (Å²) in [4.78, 5) is 15.5. The van der Waals surface area contributed by atoms with E-state index >= 15 is 0 Å². The Hall–Kier alpha value is -3.44. The maximum Gasteiger partial charge on any atom is 0.265 e. The molecule has 0 amide bonds. The molecule has 5 rings (SSSR count). The lowest BCUT2D eigenvalue weighted by atomic mass is 10.1. The summed E-state index contributed by atoms with van der Waals surface area (Å²) in [6.07, 6.45) is 4.92. The van der Waals surface area contributed by atoms with Crippen LogP contribution >= 0.6 is 0 Å². The monoisotopic (exact) mass is 413 g/mol. The van der Waals surface area contributed by atoms with Crippen molar-refractivity contribution in [3.8, 4) is 11.5 Å². The van der Waals surface area contributed by atoms with E-state index in [1.165, 1.54) is 12.3 Å². The van der Waals surface area contributed by atoms with Gasteiger partial charge in [0.05, 0.1) is 6.20 Å². The molecule has 0 spiro atoms. The number of aromatic amines is 1. The minimum atomic E-state index is -2.55. The van der Waals surface area contributed by atoms with Crippen LogP contribution in [0.2, 0.25) is 0 Å². The number of nitrogens with one attached hydrogen (secondary N) is 1. The molecule has 1 fully saturated rings. The van der Waals surface area contributed by atoms with Crippen LogP contribution in [0.5, 0.6) is 0 Å². The minimum absolute atomic E-state index is 0.0650. The summed E-state index contributed by atoms with van der Waals surface area (Å²) in [5.74, 6) is 9.65. The Bertz CT molecular complexity index is 1110. The summed E-state index contributed by atoms with van der Waals surface area (Å²) < 4.78 is 27.8. The van der Waals surface area contributed by atoms with Crippen molar-refractivity contribution in [3.05, 3.63) is 60.3 Å². The molecule has 11 heteroatoms. The van der Waals surface area contributed by atoms with Gasteiger partial charge in [-0.25, -0.2) is 23.7 Å². The molecule has 9 nitrogen and oxygen atoms in total. The number of fused-ring (bicyclic) bond motifs is 1. The largest absolute Gasteiger partial charge is 0.356 e. The molecule has 0 aromatic carbocycles. The summed E-state index contributed by atoms with van der Waals surface area (Å²) in [7, 11) is 0. The van der Waals surface area contributed by atoms with Gasteiger partial charge in [0.2, 0.25) is 0 Å². The van der Waals surface area contributed by atoms with Crippen molar-refractivity contribution in [1.82, 2.24) is 29.5 Å². The molecular weight excluding hydrogens is 392 g/mol. The van der Waals surface area contributed by atoms with Gasteiger partial charge in [-0.05, 0) is 30.7 Å². The molecule has 1 aliphatic rings. The Labute approximate surface area is 170 Å². The quantitative estimate of drug-likeness (QED) is 0.346. The van der Waals surface area contributed by atoms with Gasteiger partial charge in [0.15, 0.2) is 5.82 Å². The number of hydrogen-bond acceptors (Lipinski definition) is 7. The minimum Gasteiger partial charge on any atom is -0.356 e. The van der Waals surface area contributed by atoms with Crippen LogP contribution in [-0.4, -0.2) is 42.6 Å². The molecule has 4 aromatic rings. The highest BCUT2D eigenvalue weighted by Crippen LogP contribution is 2.30. The topological polar surface area (TPSA) is 127 Å². The first-order valence-electron chi connectivity index (χ1n) is 9.35. The molecule has 0 radical (unpaired) electrons. The number of nitrogens with zero attached hydrogens (tertiary/aromatic N) is 6. The van der Waals surface area contributed by atoms with Crippen LogP contribution in [0.3, 0.4) is 0 Å². The van der Waals surface area contributed by atoms with E-state index in [0.29, 0.717) is 23.1 Å². The van der Waals surface area contributed by atoms with E-state index in [2.05, 4.69) is 41.7 Å². The van der Waals surface area contributed by atoms with Crippen molar-refractivity contribution in [2.45, 2.75) is 18.8 Å². The van der Waals surface area contributed by atoms with Gasteiger partial charge >= 0.3 is 0 Å². The first-order chi connectivity index (χ1) is 14.7. The van der Waals surface area contributed by atoms with Crippen LogP contribution < -0.4 is 16.6 Å². The van der Waals surface area contributed by atoms with Gasteiger partial charge in [-0.2, -0.15) is 5.10 Å². The number of anilines is 1. The zero-order valence-corrected chi connectivity index (χ0v) is 16.0. The molecule has 30 heavy (non-hydrogen) atoms. The third-order valence-corrected chi connectivity index (χ3v) is 5.12. The predicted octanol–water partition coefficient (Wildman–Crippen LogP) is 2.26. The van der Waals surface area contributed by atoms with E-state index in [1.54, 1.807) is 29.1 Å². The Balaban J connectivity index is 0.00000106. The first-order valence-corrected chi connectivity index (χ1v) is 9.35. The van der Waals surface area contributed by atoms with Crippen LogP contribution in [0, 0.1) is 0 Å². The van der Waals surface area contributed by atoms with Gasteiger partial charge in [-0.3, -0.25) is 21.2 Å². The van der Waals surface area contributed by atoms with E-state index in [-0.39, 0.29) is 5.56 Å². The summed E-state index contributed by atoms with van der Waals surface area (Å²) in [6.45, 7) is 1.71. The predicted molar refractivity (Wildman–Crippen MR) is 108 cm³/mol. The van der Waals surface area contributed by atoms with Gasteiger partial charge in [0.1, 0.15) is 17.2 Å². The van der Waals surface area contributed by atoms with Crippen LogP contribution in [0.15, 0.2) is 49.1 Å². The number of alkyl halides is 2. The number of H-pyrrole nitrogens is 1. The fourth-order valence-electron chi connectivity index (χ4n) is 3.66. The van der Waals surface area contributed by atoms with E-state index in [0.717, 1.165) is 31.0 Å². The molecule has 1 atom stereocenters. The standard InChI is InChI=1S/C19H17F2N7.H4N2/c20-18(21)13-1-2-16-23-9-15(28(16)11-13)19-22-6-4-17(25-19)27-8-5-12(10-27)14-3-7-24-26-14;1-2/h1-4,6-7,9,11-12,18H,5,8,10H2,(H,24,26);1-2H2. The lowest BCUT2D eigenvalue weighted by Crippen LogP contribution is -2.20. The van der Waals surface area contributed by atoms with E-state index in [1.807, 2.05) is 12.1 Å². The normalized spacial score (nSPS) is 16.2. The lowest BCUT2D eigenvalue weighted by molar-refractivity contribution is 0.151. The first kappa shape index (κ1) is 19.9. The van der Waals surface area contributed by atoms with Crippen LogP contribution in [0.1, 0.15) is 30.0 Å². The molecule has 0 saturated carbocycles. The van der Waals surface area contributed by atoms with Gasteiger partial charge in [-0.1, -0.05) is 0 Å². The SMILES string of the molecule is FC(F)c1ccc2ncc(-c3nccc(N4CCC(c5ccn[nH]5)C4)n3)n2c1.NN. The smallest absolute Gasteiger partial charge is 0.265 e. The average molecular weight is 413 g/mol. The molecule has 0 bridgehead atoms. The fraction of sp³-hybridized carbons (Fsp3) is 0.263. The fourth-order valence-corrected chi connectivity index (χ4v) is 3.66. The highest BCUT2D eigenvalue weighted by atomic mass is 19.3. The third kappa shape index (κ3) is 3.72. The van der Waals surface area contributed by atoms with Gasteiger partial charge in [0, 0.05) is 48.9 Å². The number of imidazole rings is 1. The van der Waals surface area contributed by atoms with Crippen molar-refractivity contribution < 1.29 is 8.78 Å². The van der Waals surface area contributed by atoms with Crippen LogP contribution in [0.4, 0.5) is 14.6 Å². The average Bonchev–Trinajstić information content (AvgIpc) is 3.55. The van der Waals surface area contributed by atoms with Crippen molar-refractivity contribution >= 4 is 11.5 Å². The van der Waals surface area contributed by atoms with Gasteiger partial charge in [0.25, 0.3) is 6.43 Å².